The summed E-state index contributed by atoms with van der Waals surface area (Å²) < 4.78 is 5.11. The molecule has 3 rings (SSSR count). The maximum absolute atomic E-state index is 5.11. The fourth-order valence-corrected chi connectivity index (χ4v) is 3.40. The lowest BCUT2D eigenvalue weighted by Crippen LogP contribution is -2.36. The molecule has 2 aliphatic carbocycles. The van der Waals surface area contributed by atoms with Gasteiger partial charge >= 0.3 is 0 Å². The van der Waals surface area contributed by atoms with E-state index < -0.39 is 0 Å². The third-order valence-corrected chi connectivity index (χ3v) is 4.35. The Bertz CT molecular complexity index is 440. The van der Waals surface area contributed by atoms with E-state index in [0.29, 0.717) is 6.04 Å². The Morgan fingerprint density at radius 1 is 1.44 bits per heavy atom. The Morgan fingerprint density at radius 3 is 2.94 bits per heavy atom. The molecule has 1 saturated carbocycles. The Balaban J connectivity index is 1.44. The van der Waals surface area contributed by atoms with E-state index in [1.54, 1.807) is 0 Å². The van der Waals surface area contributed by atoms with Crippen LogP contribution in [0, 0.1) is 24.7 Å². The van der Waals surface area contributed by atoms with Crippen LogP contribution in [-0.2, 0) is 6.42 Å². The van der Waals surface area contributed by atoms with E-state index in [1.807, 2.05) is 6.92 Å². The first-order valence-electron chi connectivity index (χ1n) is 6.93. The molecule has 4 nitrogen and oxygen atoms in total. The zero-order valence-corrected chi connectivity index (χ0v) is 11.1. The first kappa shape index (κ1) is 11.9. The number of nitrogens with zero attached hydrogens (tertiary/aromatic N) is 2. The van der Waals surface area contributed by atoms with Crippen LogP contribution in [0.3, 0.4) is 0 Å². The molecule has 0 aliphatic heterocycles. The first-order chi connectivity index (χ1) is 8.72. The van der Waals surface area contributed by atoms with Crippen LogP contribution in [0.25, 0.3) is 0 Å². The second-order valence-corrected chi connectivity index (χ2v) is 5.67. The minimum atomic E-state index is 0.578. The normalized spacial score (nSPS) is 31.1. The summed E-state index contributed by atoms with van der Waals surface area (Å²) in [6.45, 7) is 5.07. The molecule has 18 heavy (non-hydrogen) atoms. The average molecular weight is 247 g/mol. The molecular weight excluding hydrogens is 226 g/mol. The van der Waals surface area contributed by atoms with Crippen LogP contribution in [-0.4, -0.2) is 22.7 Å². The highest BCUT2D eigenvalue weighted by Crippen LogP contribution is 2.44. The summed E-state index contributed by atoms with van der Waals surface area (Å²) in [7, 11) is 0. The number of allylic oxidation sites excluding steroid dienone is 2. The summed E-state index contributed by atoms with van der Waals surface area (Å²) in [4.78, 5) is 4.21. The highest BCUT2D eigenvalue weighted by atomic mass is 16.5. The van der Waals surface area contributed by atoms with Gasteiger partial charge in [-0.3, -0.25) is 0 Å². The van der Waals surface area contributed by atoms with Gasteiger partial charge in [0.1, 0.15) is 0 Å². The monoisotopic (exact) mass is 247 g/mol. The van der Waals surface area contributed by atoms with E-state index in [2.05, 4.69) is 34.5 Å². The summed E-state index contributed by atoms with van der Waals surface area (Å²) in [5.74, 6) is 3.92. The lowest BCUT2D eigenvalue weighted by molar-refractivity contribution is 0.320. The summed E-state index contributed by atoms with van der Waals surface area (Å²) in [6, 6.07) is 0.578. The smallest absolute Gasteiger partial charge is 0.227 e. The number of hydrogen-bond acceptors (Lipinski definition) is 4. The largest absolute Gasteiger partial charge is 0.339 e. The molecule has 2 bridgehead atoms. The van der Waals surface area contributed by atoms with Crippen LogP contribution in [0.1, 0.15) is 31.5 Å². The van der Waals surface area contributed by atoms with E-state index in [0.717, 1.165) is 42.4 Å². The predicted molar refractivity (Wildman–Crippen MR) is 69.0 cm³/mol. The molecule has 0 radical (unpaired) electrons. The number of aromatic nitrogens is 2. The Hall–Kier alpha value is -1.16. The zero-order valence-electron chi connectivity index (χ0n) is 11.1. The minimum Gasteiger partial charge on any atom is -0.339 e. The van der Waals surface area contributed by atoms with Gasteiger partial charge in [0.15, 0.2) is 5.82 Å². The Labute approximate surface area is 108 Å². The molecule has 2 aliphatic rings. The van der Waals surface area contributed by atoms with E-state index in [4.69, 9.17) is 4.52 Å². The van der Waals surface area contributed by atoms with E-state index in [-0.39, 0.29) is 0 Å². The molecule has 4 heteroatoms. The molecule has 1 N–H and O–H groups in total. The quantitative estimate of drug-likeness (QED) is 0.810. The summed E-state index contributed by atoms with van der Waals surface area (Å²) in [6.07, 6.45) is 8.36. The van der Waals surface area contributed by atoms with E-state index in [9.17, 15) is 0 Å². The number of rotatable bonds is 5. The van der Waals surface area contributed by atoms with Gasteiger partial charge in [0.2, 0.25) is 5.89 Å². The lowest BCUT2D eigenvalue weighted by Gasteiger charge is -2.26. The van der Waals surface area contributed by atoms with Crippen molar-refractivity contribution in [2.75, 3.05) is 6.54 Å². The third-order valence-electron chi connectivity index (χ3n) is 4.35. The van der Waals surface area contributed by atoms with Crippen molar-refractivity contribution in [3.8, 4) is 0 Å². The molecule has 1 aromatic heterocycles. The second kappa shape index (κ2) is 4.84. The number of aryl methyl sites for hydroxylation is 1. The van der Waals surface area contributed by atoms with Gasteiger partial charge in [0.25, 0.3) is 0 Å². The standard InChI is InChI=1S/C14H21N3O/c1-9(13-8-11-3-4-12(13)7-11)15-6-5-14-16-10(2)17-18-14/h3-4,9,11-13,15H,5-8H2,1-2H3. The van der Waals surface area contributed by atoms with Crippen molar-refractivity contribution in [3.05, 3.63) is 23.9 Å². The molecule has 0 saturated heterocycles. The molecule has 0 amide bonds. The maximum Gasteiger partial charge on any atom is 0.227 e. The van der Waals surface area contributed by atoms with Crippen molar-refractivity contribution in [2.45, 2.75) is 39.2 Å². The molecular formula is C14H21N3O. The van der Waals surface area contributed by atoms with Crippen LogP contribution in [0.4, 0.5) is 0 Å². The SMILES string of the molecule is Cc1noc(CCNC(C)C2CC3C=CC2C3)n1. The molecule has 0 aromatic carbocycles. The first-order valence-corrected chi connectivity index (χ1v) is 6.93. The minimum absolute atomic E-state index is 0.578. The van der Waals surface area contributed by atoms with Crippen molar-refractivity contribution in [1.82, 2.24) is 15.5 Å². The van der Waals surface area contributed by atoms with Crippen molar-refractivity contribution in [2.24, 2.45) is 17.8 Å². The Kier molecular flexibility index (Phi) is 3.20. The molecule has 1 aromatic rings. The van der Waals surface area contributed by atoms with Gasteiger partial charge in [0.05, 0.1) is 0 Å². The highest BCUT2D eigenvalue weighted by Gasteiger charge is 2.38. The van der Waals surface area contributed by atoms with Crippen molar-refractivity contribution in [3.63, 3.8) is 0 Å². The maximum atomic E-state index is 5.11. The summed E-state index contributed by atoms with van der Waals surface area (Å²) >= 11 is 0. The molecule has 1 heterocycles. The van der Waals surface area contributed by atoms with E-state index in [1.165, 1.54) is 12.8 Å². The van der Waals surface area contributed by atoms with Crippen LogP contribution < -0.4 is 5.32 Å². The lowest BCUT2D eigenvalue weighted by atomic mass is 9.87. The van der Waals surface area contributed by atoms with Gasteiger partial charge in [-0.25, -0.2) is 0 Å². The summed E-state index contributed by atoms with van der Waals surface area (Å²) in [5.41, 5.74) is 0. The van der Waals surface area contributed by atoms with Gasteiger partial charge in [0, 0.05) is 19.0 Å². The Morgan fingerprint density at radius 2 is 2.33 bits per heavy atom. The third kappa shape index (κ3) is 2.34. The highest BCUT2D eigenvalue weighted by molar-refractivity contribution is 5.11. The van der Waals surface area contributed by atoms with Gasteiger partial charge in [-0.15, -0.1) is 0 Å². The van der Waals surface area contributed by atoms with Crippen molar-refractivity contribution in [1.29, 1.82) is 0 Å². The van der Waals surface area contributed by atoms with Crippen molar-refractivity contribution < 1.29 is 4.52 Å². The number of nitrogens with one attached hydrogen (secondary N) is 1. The van der Waals surface area contributed by atoms with Crippen LogP contribution in [0.2, 0.25) is 0 Å². The van der Waals surface area contributed by atoms with Crippen LogP contribution in [0.15, 0.2) is 16.7 Å². The van der Waals surface area contributed by atoms with E-state index >= 15 is 0 Å². The fraction of sp³-hybridized carbons (Fsp3) is 0.714. The molecule has 98 valence electrons. The second-order valence-electron chi connectivity index (χ2n) is 5.67. The van der Waals surface area contributed by atoms with Crippen molar-refractivity contribution >= 4 is 0 Å². The average Bonchev–Trinajstić information content (AvgIpc) is 3.05. The topological polar surface area (TPSA) is 51.0 Å². The molecule has 4 unspecified atom stereocenters. The zero-order chi connectivity index (χ0) is 12.5. The van der Waals surface area contributed by atoms with Crippen LogP contribution in [0.5, 0.6) is 0 Å². The summed E-state index contributed by atoms with van der Waals surface area (Å²) in [5, 5.41) is 7.41. The fourth-order valence-electron chi connectivity index (χ4n) is 3.40. The van der Waals surface area contributed by atoms with Gasteiger partial charge in [-0.1, -0.05) is 17.3 Å². The van der Waals surface area contributed by atoms with Gasteiger partial charge in [-0.05, 0) is 44.4 Å². The van der Waals surface area contributed by atoms with Crippen LogP contribution >= 0.6 is 0 Å². The predicted octanol–water partition coefficient (Wildman–Crippen LogP) is 2.11. The van der Waals surface area contributed by atoms with Gasteiger partial charge < -0.3 is 9.84 Å². The van der Waals surface area contributed by atoms with Gasteiger partial charge in [-0.2, -0.15) is 4.98 Å². The molecule has 1 fully saturated rings. The molecule has 0 spiro atoms. The molecule has 4 atom stereocenters. The number of hydrogen-bond donors (Lipinski definition) is 1. The number of fused-ring (bicyclic) bond motifs is 2.